The van der Waals surface area contributed by atoms with Gasteiger partial charge in [0.15, 0.2) is 0 Å². The SMILES string of the molecule is CCn1c(-c2cccnc2[C@H](C)OC)c2c3cc(ccc31)-c1cc(O)cc(c1)C[C@H](NC(=O)C(C(C)C)N(C)C(=O)[C@H]1CC[C@H]1N)C(=O)N1CCC[C@H](N1)C(=O)OCC(C)(C)C2. The summed E-state index contributed by atoms with van der Waals surface area (Å²) in [6.45, 7) is 13.1. The number of likely N-dealkylation sites (N-methyl/N-ethyl adjacent to an activating group) is 1. The molecule has 1 aliphatic carbocycles. The molecule has 2 aromatic heterocycles. The Balaban J connectivity index is 1.35. The van der Waals surface area contributed by atoms with E-state index in [0.717, 1.165) is 51.0 Å². The molecular weight excluding hydrogens is 787 g/mol. The monoisotopic (exact) mass is 849 g/mol. The molecule has 0 radical (unpaired) electrons. The maximum absolute atomic E-state index is 14.6. The van der Waals surface area contributed by atoms with Crippen LogP contribution in [0.2, 0.25) is 0 Å². The predicted octanol–water partition coefficient (Wildman–Crippen LogP) is 5.67. The van der Waals surface area contributed by atoms with Gasteiger partial charge in [0, 0.05) is 67.8 Å². The molecule has 0 spiro atoms. The third kappa shape index (κ3) is 8.95. The second kappa shape index (κ2) is 18.2. The second-order valence-corrected chi connectivity index (χ2v) is 18.5. The van der Waals surface area contributed by atoms with Gasteiger partial charge in [-0.05, 0) is 111 Å². The van der Waals surface area contributed by atoms with E-state index >= 15 is 0 Å². The normalized spacial score (nSPS) is 22.6. The molecule has 3 amide bonds. The number of esters is 1. The van der Waals surface area contributed by atoms with Crippen molar-refractivity contribution >= 4 is 34.6 Å². The van der Waals surface area contributed by atoms with Crippen LogP contribution in [0.15, 0.2) is 54.7 Å². The number of benzene rings is 2. The van der Waals surface area contributed by atoms with Crippen LogP contribution in [0.4, 0.5) is 0 Å². The van der Waals surface area contributed by atoms with Crippen LogP contribution in [-0.4, -0.2) is 99.7 Å². The average Bonchev–Trinajstić information content (AvgIpc) is 3.54. The van der Waals surface area contributed by atoms with Gasteiger partial charge in [-0.1, -0.05) is 39.8 Å². The summed E-state index contributed by atoms with van der Waals surface area (Å²) in [5.41, 5.74) is 15.8. The predicted molar refractivity (Wildman–Crippen MR) is 237 cm³/mol. The molecule has 7 rings (SSSR count). The standard InChI is InChI=1S/C48H63N7O7/c1-9-54-40-17-14-30-24-35(40)36(43(54)34-12-10-18-50-41(34)28(4)61-8)25-48(5,6)26-62-47(60)38-13-11-19-55(52-38)46(59)39(22-29-20-31(30)23-32(56)21-29)51-44(57)42(27(2)3)53(7)45(58)33-15-16-37(33)49/h10,12,14,17-18,20-21,23-24,27-28,33,37-39,42,52,56H,9,11,13,15-16,19,22,25-26,49H2,1-8H3,(H,51,57)/t28-,33-,37+,38-,39-,42?/m0/s1. The first-order chi connectivity index (χ1) is 29.5. The van der Waals surface area contributed by atoms with E-state index in [0.29, 0.717) is 44.3 Å². The Bertz CT molecular complexity index is 2340. The number of methoxy groups -OCH3 is 1. The minimum Gasteiger partial charge on any atom is -0.508 e. The molecular formula is C48H63N7O7. The van der Waals surface area contributed by atoms with Crippen molar-refractivity contribution in [2.24, 2.45) is 23.0 Å². The Morgan fingerprint density at radius 1 is 1.10 bits per heavy atom. The highest BCUT2D eigenvalue weighted by Crippen LogP contribution is 2.42. The molecule has 14 heteroatoms. The van der Waals surface area contributed by atoms with E-state index in [2.05, 4.69) is 54.3 Å². The fraction of sp³-hybridized carbons (Fsp3) is 0.521. The number of rotatable bonds is 9. The van der Waals surface area contributed by atoms with Gasteiger partial charge in [-0.25, -0.2) is 5.43 Å². The number of aryl methyl sites for hydroxylation is 1. The summed E-state index contributed by atoms with van der Waals surface area (Å²) in [4.78, 5) is 62.6. The lowest BCUT2D eigenvalue weighted by molar-refractivity contribution is -0.155. The highest BCUT2D eigenvalue weighted by molar-refractivity contribution is 5.96. The Morgan fingerprint density at radius 3 is 2.55 bits per heavy atom. The molecule has 62 heavy (non-hydrogen) atoms. The van der Waals surface area contributed by atoms with Gasteiger partial charge in [0.1, 0.15) is 23.9 Å². The minimum absolute atomic E-state index is 0.00684. The molecule has 2 aromatic carbocycles. The second-order valence-electron chi connectivity index (χ2n) is 18.5. The van der Waals surface area contributed by atoms with Crippen molar-refractivity contribution in [1.29, 1.82) is 0 Å². The van der Waals surface area contributed by atoms with E-state index < -0.39 is 41.3 Å². The summed E-state index contributed by atoms with van der Waals surface area (Å²) in [6, 6.07) is 12.5. The zero-order valence-corrected chi connectivity index (χ0v) is 37.4. The van der Waals surface area contributed by atoms with Crippen molar-refractivity contribution in [3.05, 3.63) is 71.5 Å². The molecule has 1 unspecified atom stereocenters. The molecule has 3 aliphatic rings. The quantitative estimate of drug-likeness (QED) is 0.153. The number of aromatic hydroxyl groups is 1. The number of aromatic nitrogens is 2. The Kier molecular flexibility index (Phi) is 13.1. The zero-order chi connectivity index (χ0) is 44.6. The van der Waals surface area contributed by atoms with Crippen molar-refractivity contribution in [1.82, 2.24) is 30.2 Å². The van der Waals surface area contributed by atoms with Crippen molar-refractivity contribution in [3.8, 4) is 28.1 Å². The van der Waals surface area contributed by atoms with Crippen LogP contribution < -0.4 is 16.5 Å². The number of carbonyl (C=O) groups excluding carboxylic acids is 4. The summed E-state index contributed by atoms with van der Waals surface area (Å²) in [5.74, 6) is -2.22. The number of phenols is 1. The Hall–Kier alpha value is -5.31. The lowest BCUT2D eigenvalue weighted by Crippen LogP contribution is -2.62. The number of cyclic esters (lactones) is 1. The number of pyridine rings is 1. The molecule has 2 aliphatic heterocycles. The molecule has 6 bridgehead atoms. The van der Waals surface area contributed by atoms with Crippen molar-refractivity contribution in [2.45, 2.75) is 117 Å². The van der Waals surface area contributed by atoms with Crippen LogP contribution in [0.25, 0.3) is 33.3 Å². The van der Waals surface area contributed by atoms with Gasteiger partial charge >= 0.3 is 5.97 Å². The van der Waals surface area contributed by atoms with Gasteiger partial charge in [0.25, 0.3) is 5.91 Å². The van der Waals surface area contributed by atoms with E-state index in [4.69, 9.17) is 20.2 Å². The number of ether oxygens (including phenoxy) is 2. The number of nitrogens with zero attached hydrogens (tertiary/aromatic N) is 4. The van der Waals surface area contributed by atoms with E-state index in [1.165, 1.54) is 9.91 Å². The number of nitrogens with two attached hydrogens (primary N) is 1. The van der Waals surface area contributed by atoms with Crippen LogP contribution in [0.5, 0.6) is 5.75 Å². The third-order valence-electron chi connectivity index (χ3n) is 13.0. The Morgan fingerprint density at radius 2 is 1.87 bits per heavy atom. The first-order valence-corrected chi connectivity index (χ1v) is 22.0. The molecule has 1 saturated heterocycles. The lowest BCUT2D eigenvalue weighted by Gasteiger charge is -2.39. The van der Waals surface area contributed by atoms with Gasteiger partial charge in [-0.3, -0.25) is 29.2 Å². The summed E-state index contributed by atoms with van der Waals surface area (Å²) in [6.07, 6.45) is 4.49. The number of fused-ring (bicyclic) bond motifs is 6. The molecule has 14 nitrogen and oxygen atoms in total. The van der Waals surface area contributed by atoms with Gasteiger partial charge in [-0.2, -0.15) is 0 Å². The number of hydrazine groups is 1. The minimum atomic E-state index is -1.12. The number of nitrogens with one attached hydrogen (secondary N) is 2. The topological polar surface area (TPSA) is 181 Å². The smallest absolute Gasteiger partial charge is 0.324 e. The van der Waals surface area contributed by atoms with E-state index in [9.17, 15) is 24.3 Å². The molecule has 332 valence electrons. The number of amides is 3. The molecule has 1 saturated carbocycles. The molecule has 5 N–H and O–H groups in total. The third-order valence-corrected chi connectivity index (χ3v) is 13.0. The van der Waals surface area contributed by atoms with Crippen molar-refractivity contribution in [3.63, 3.8) is 0 Å². The highest BCUT2D eigenvalue weighted by atomic mass is 16.5. The van der Waals surface area contributed by atoms with Crippen LogP contribution in [0, 0.1) is 17.3 Å². The average molecular weight is 850 g/mol. The highest BCUT2D eigenvalue weighted by Gasteiger charge is 2.41. The van der Waals surface area contributed by atoms with Gasteiger partial charge in [-0.15, -0.1) is 0 Å². The maximum Gasteiger partial charge on any atom is 0.324 e. The summed E-state index contributed by atoms with van der Waals surface area (Å²) >= 11 is 0. The van der Waals surface area contributed by atoms with Crippen molar-refractivity contribution in [2.75, 3.05) is 27.3 Å². The lowest BCUT2D eigenvalue weighted by atomic mass is 9.79. The molecule has 4 heterocycles. The van der Waals surface area contributed by atoms with Gasteiger partial charge in [0.2, 0.25) is 11.8 Å². The number of hydrogen-bond donors (Lipinski definition) is 4. The fourth-order valence-electron chi connectivity index (χ4n) is 9.48. The van der Waals surface area contributed by atoms with E-state index in [1.54, 1.807) is 32.5 Å². The van der Waals surface area contributed by atoms with Crippen LogP contribution >= 0.6 is 0 Å². The summed E-state index contributed by atoms with van der Waals surface area (Å²) in [5, 5.41) is 16.7. The molecule has 2 fully saturated rings. The van der Waals surface area contributed by atoms with Crippen molar-refractivity contribution < 1.29 is 33.8 Å². The van der Waals surface area contributed by atoms with E-state index in [-0.39, 0.29) is 48.7 Å². The van der Waals surface area contributed by atoms with Crippen LogP contribution in [-0.2, 0) is 48.0 Å². The van der Waals surface area contributed by atoms with Crippen LogP contribution in [0.1, 0.15) is 90.2 Å². The number of hydrogen-bond acceptors (Lipinski definition) is 10. The zero-order valence-electron chi connectivity index (χ0n) is 37.4. The van der Waals surface area contributed by atoms with E-state index in [1.807, 2.05) is 39.0 Å². The summed E-state index contributed by atoms with van der Waals surface area (Å²) in [7, 11) is 3.29. The first kappa shape index (κ1) is 44.7. The summed E-state index contributed by atoms with van der Waals surface area (Å²) < 4.78 is 14.2. The first-order valence-electron chi connectivity index (χ1n) is 22.0. The molecule has 4 aromatic rings. The van der Waals surface area contributed by atoms with Crippen LogP contribution in [0.3, 0.4) is 0 Å². The molecule has 6 atom stereocenters. The van der Waals surface area contributed by atoms with Gasteiger partial charge < -0.3 is 35.1 Å². The fourth-order valence-corrected chi connectivity index (χ4v) is 9.48. The largest absolute Gasteiger partial charge is 0.508 e. The number of carbonyl (C=O) groups is 4. The van der Waals surface area contributed by atoms with Gasteiger partial charge in [0.05, 0.1) is 30.0 Å². The Labute approximate surface area is 364 Å². The number of phenolic OH excluding ortho intramolecular Hbond substituents is 1. The maximum atomic E-state index is 14.6.